The fraction of sp³-hybridized carbons (Fsp3) is 0.125. The lowest BCUT2D eigenvalue weighted by Gasteiger charge is -2.18. The van der Waals surface area contributed by atoms with Crippen LogP contribution in [0.25, 0.3) is 0 Å². The van der Waals surface area contributed by atoms with E-state index >= 15 is 0 Å². The topological polar surface area (TPSA) is 110 Å². The number of phenols is 2. The van der Waals surface area contributed by atoms with Gasteiger partial charge in [-0.15, -0.1) is 0 Å². The Labute approximate surface area is 126 Å². The summed E-state index contributed by atoms with van der Waals surface area (Å²) in [7, 11) is 0. The molecule has 0 aliphatic rings. The molecule has 0 spiro atoms. The van der Waals surface area contributed by atoms with E-state index in [1.807, 2.05) is 0 Å². The normalized spacial score (nSPS) is 13.9. The number of aliphatic imine (C=N–C) groups is 1. The van der Waals surface area contributed by atoms with Gasteiger partial charge in [0.15, 0.2) is 0 Å². The van der Waals surface area contributed by atoms with Gasteiger partial charge in [-0.25, -0.2) is 9.79 Å². The Morgan fingerprint density at radius 2 is 1.64 bits per heavy atom. The Kier molecular flexibility index (Phi) is 4.43. The largest absolute Gasteiger partial charge is 0.508 e. The average Bonchev–Trinajstić information content (AvgIpc) is 2.50. The summed E-state index contributed by atoms with van der Waals surface area (Å²) >= 11 is 0. The van der Waals surface area contributed by atoms with Crippen LogP contribution < -0.4 is 0 Å². The highest BCUT2D eigenvalue weighted by Gasteiger charge is 2.37. The van der Waals surface area contributed by atoms with Crippen LogP contribution in [-0.2, 0) is 16.9 Å². The summed E-state index contributed by atoms with van der Waals surface area (Å²) in [5, 5.41) is 38.8. The number of carbonyl (C=O) groups is 1. The van der Waals surface area contributed by atoms with Crippen molar-refractivity contribution in [3.05, 3.63) is 59.7 Å². The van der Waals surface area contributed by atoms with E-state index in [1.54, 1.807) is 18.2 Å². The highest BCUT2D eigenvalue weighted by atomic mass is 16.4. The van der Waals surface area contributed by atoms with E-state index in [0.29, 0.717) is 0 Å². The van der Waals surface area contributed by atoms with E-state index < -0.39 is 11.7 Å². The molecule has 6 nitrogen and oxygen atoms in total. The van der Waals surface area contributed by atoms with Gasteiger partial charge in [0.2, 0.25) is 0 Å². The molecule has 22 heavy (non-hydrogen) atoms. The van der Waals surface area contributed by atoms with Gasteiger partial charge in [-0.2, -0.15) is 0 Å². The Morgan fingerprint density at radius 1 is 1.05 bits per heavy atom. The predicted octanol–water partition coefficient (Wildman–Crippen LogP) is 1.64. The van der Waals surface area contributed by atoms with E-state index in [2.05, 4.69) is 4.99 Å². The summed E-state index contributed by atoms with van der Waals surface area (Å²) in [4.78, 5) is 15.0. The van der Waals surface area contributed by atoms with Crippen molar-refractivity contribution in [2.45, 2.75) is 12.1 Å². The van der Waals surface area contributed by atoms with Crippen molar-refractivity contribution in [3.8, 4) is 11.5 Å². The monoisotopic (exact) mass is 301 g/mol. The maximum atomic E-state index is 11.3. The van der Waals surface area contributed by atoms with Crippen molar-refractivity contribution in [2.75, 3.05) is 0 Å². The van der Waals surface area contributed by atoms with Gasteiger partial charge >= 0.3 is 5.97 Å². The van der Waals surface area contributed by atoms with Gasteiger partial charge in [0.25, 0.3) is 5.72 Å². The molecule has 1 atom stereocenters. The molecule has 0 aliphatic carbocycles. The van der Waals surface area contributed by atoms with Gasteiger partial charge in [0.05, 0.1) is 0 Å². The van der Waals surface area contributed by atoms with Crippen LogP contribution in [0.5, 0.6) is 11.5 Å². The second kappa shape index (κ2) is 6.28. The number of rotatable bonds is 5. The minimum absolute atomic E-state index is 0.0269. The Bertz CT molecular complexity index is 679. The third kappa shape index (κ3) is 3.07. The number of phenolic OH excluding ortho intramolecular Hbond substituents is 2. The molecule has 2 aromatic carbocycles. The number of benzene rings is 2. The van der Waals surface area contributed by atoms with E-state index in [0.717, 1.165) is 6.21 Å². The van der Waals surface area contributed by atoms with Gasteiger partial charge in [-0.1, -0.05) is 36.4 Å². The van der Waals surface area contributed by atoms with Crippen LogP contribution >= 0.6 is 0 Å². The van der Waals surface area contributed by atoms with Gasteiger partial charge in [0.1, 0.15) is 11.5 Å². The molecule has 0 saturated carbocycles. The van der Waals surface area contributed by atoms with Crippen molar-refractivity contribution >= 4 is 12.2 Å². The zero-order chi connectivity index (χ0) is 16.2. The molecule has 0 amide bonds. The van der Waals surface area contributed by atoms with Gasteiger partial charge in [-0.3, -0.25) is 0 Å². The lowest BCUT2D eigenvalue weighted by Crippen LogP contribution is -2.33. The lowest BCUT2D eigenvalue weighted by atomic mass is 10.0. The number of carboxylic acid groups (broad SMARTS) is 1. The summed E-state index contributed by atoms with van der Waals surface area (Å²) in [6.45, 7) is 0. The first kappa shape index (κ1) is 15.5. The van der Waals surface area contributed by atoms with Crippen molar-refractivity contribution in [2.24, 2.45) is 4.99 Å². The molecule has 0 aliphatic heterocycles. The Morgan fingerprint density at radius 3 is 2.18 bits per heavy atom. The van der Waals surface area contributed by atoms with E-state index in [1.165, 1.54) is 30.3 Å². The number of aromatic hydroxyl groups is 2. The fourth-order valence-corrected chi connectivity index (χ4v) is 1.96. The van der Waals surface area contributed by atoms with Crippen LogP contribution in [0.4, 0.5) is 0 Å². The van der Waals surface area contributed by atoms with Crippen LogP contribution in [0.3, 0.4) is 0 Å². The van der Waals surface area contributed by atoms with E-state index in [-0.39, 0.29) is 29.0 Å². The third-order valence-corrected chi connectivity index (χ3v) is 3.17. The number of carboxylic acids is 1. The Balaban J connectivity index is 2.28. The molecule has 2 aromatic rings. The number of aliphatic carboxylic acids is 1. The van der Waals surface area contributed by atoms with Crippen molar-refractivity contribution in [1.82, 2.24) is 0 Å². The summed E-state index contributed by atoms with van der Waals surface area (Å²) in [6, 6.07) is 12.0. The predicted molar refractivity (Wildman–Crippen MR) is 79.9 cm³/mol. The molecule has 2 rings (SSSR count). The van der Waals surface area contributed by atoms with Gasteiger partial charge in [0, 0.05) is 23.8 Å². The molecule has 0 radical (unpaired) electrons. The van der Waals surface area contributed by atoms with Crippen LogP contribution in [0.2, 0.25) is 0 Å². The molecular formula is C16H15NO5. The molecule has 6 heteroatoms. The molecule has 0 heterocycles. The molecule has 0 saturated heterocycles. The number of hydrogen-bond donors (Lipinski definition) is 4. The van der Waals surface area contributed by atoms with Crippen LogP contribution in [0, 0.1) is 0 Å². The smallest absolute Gasteiger partial charge is 0.364 e. The van der Waals surface area contributed by atoms with Gasteiger partial charge in [-0.05, 0) is 12.1 Å². The Hall–Kier alpha value is -2.86. The van der Waals surface area contributed by atoms with E-state index in [4.69, 9.17) is 0 Å². The summed E-state index contributed by atoms with van der Waals surface area (Å²) in [5.41, 5.74) is -2.10. The summed E-state index contributed by atoms with van der Waals surface area (Å²) < 4.78 is 0. The van der Waals surface area contributed by atoms with Gasteiger partial charge < -0.3 is 20.4 Å². The standard InChI is InChI=1S/C16H15NO5/c18-13-7-4-8-14(19)12(13)9-10-17-16(22,15(20)21)11-5-2-1-3-6-11/h1-8,10,18-19,22H,9H2,(H,20,21)/b17-10+/t16-/m1/s1. The zero-order valence-electron chi connectivity index (χ0n) is 11.5. The van der Waals surface area contributed by atoms with Crippen LogP contribution in [0.15, 0.2) is 53.5 Å². The minimum Gasteiger partial charge on any atom is -0.508 e. The minimum atomic E-state index is -2.42. The first-order valence-corrected chi connectivity index (χ1v) is 6.50. The summed E-state index contributed by atoms with van der Waals surface area (Å²) in [5.74, 6) is -1.79. The number of aliphatic hydroxyl groups is 1. The SMILES string of the molecule is O=C(O)[C@@](O)(/N=C/Cc1c(O)cccc1O)c1ccccc1. The summed E-state index contributed by atoms with van der Waals surface area (Å²) in [6.07, 6.45) is 1.12. The fourth-order valence-electron chi connectivity index (χ4n) is 1.96. The quantitative estimate of drug-likeness (QED) is 0.627. The highest BCUT2D eigenvalue weighted by Crippen LogP contribution is 2.27. The number of hydrogen-bond acceptors (Lipinski definition) is 5. The molecule has 114 valence electrons. The molecule has 0 unspecified atom stereocenters. The average molecular weight is 301 g/mol. The maximum absolute atomic E-state index is 11.3. The molecule has 4 N–H and O–H groups in total. The van der Waals surface area contributed by atoms with E-state index in [9.17, 15) is 25.2 Å². The second-order valence-corrected chi connectivity index (χ2v) is 4.63. The highest BCUT2D eigenvalue weighted by molar-refractivity contribution is 5.81. The first-order valence-electron chi connectivity index (χ1n) is 6.50. The van der Waals surface area contributed by atoms with Crippen molar-refractivity contribution in [3.63, 3.8) is 0 Å². The first-order chi connectivity index (χ1) is 10.4. The van der Waals surface area contributed by atoms with Crippen LogP contribution in [-0.4, -0.2) is 32.6 Å². The lowest BCUT2D eigenvalue weighted by molar-refractivity contribution is -0.158. The molecule has 0 bridgehead atoms. The zero-order valence-corrected chi connectivity index (χ0v) is 11.5. The third-order valence-electron chi connectivity index (χ3n) is 3.17. The van der Waals surface area contributed by atoms with Crippen LogP contribution in [0.1, 0.15) is 11.1 Å². The van der Waals surface area contributed by atoms with Crippen molar-refractivity contribution < 1.29 is 25.2 Å². The molecular weight excluding hydrogens is 286 g/mol. The molecule has 0 aromatic heterocycles. The number of nitrogens with zero attached hydrogens (tertiary/aromatic N) is 1. The molecule has 0 fully saturated rings. The maximum Gasteiger partial charge on any atom is 0.364 e. The van der Waals surface area contributed by atoms with Crippen molar-refractivity contribution in [1.29, 1.82) is 0 Å². The second-order valence-electron chi connectivity index (χ2n) is 4.63.